The van der Waals surface area contributed by atoms with Crippen molar-refractivity contribution >= 4 is 35.1 Å². The van der Waals surface area contributed by atoms with Crippen LogP contribution in [-0.4, -0.2) is 96.3 Å². The second-order valence-electron chi connectivity index (χ2n) is 9.39. The van der Waals surface area contributed by atoms with Crippen molar-refractivity contribution in [2.45, 2.75) is 18.6 Å². The van der Waals surface area contributed by atoms with E-state index < -0.39 is 24.5 Å². The van der Waals surface area contributed by atoms with Crippen molar-refractivity contribution in [3.8, 4) is 17.1 Å². The number of nitrogens with zero attached hydrogens (tertiary/aromatic N) is 5. The molecular formula is C25H26ClF3N6O4. The molecule has 10 nitrogen and oxygen atoms in total. The Morgan fingerprint density at radius 1 is 1.18 bits per heavy atom. The van der Waals surface area contributed by atoms with Gasteiger partial charge in [-0.3, -0.25) is 9.59 Å². The van der Waals surface area contributed by atoms with Crippen molar-refractivity contribution in [1.82, 2.24) is 19.8 Å². The molecule has 0 spiro atoms. The molecule has 2 amide bonds. The van der Waals surface area contributed by atoms with Gasteiger partial charge in [-0.25, -0.2) is 9.97 Å². The van der Waals surface area contributed by atoms with Gasteiger partial charge >= 0.3 is 6.18 Å². The fraction of sp³-hybridized carbons (Fsp3) is 0.440. The minimum Gasteiger partial charge on any atom is -0.489 e. The number of pyridine rings is 2. The second kappa shape index (κ2) is 10.5. The highest BCUT2D eigenvalue weighted by molar-refractivity contribution is 6.35. The van der Waals surface area contributed by atoms with Crippen LogP contribution in [-0.2, 0) is 16.0 Å². The first kappa shape index (κ1) is 27.0. The number of carbonyl (C=O) groups excluding carboxylic acids is 2. The normalized spacial score (nSPS) is 19.6. The number of morpholine rings is 1. The molecule has 0 saturated carbocycles. The summed E-state index contributed by atoms with van der Waals surface area (Å²) < 4.78 is 51.8. The number of hydrogen-bond acceptors (Lipinski definition) is 8. The minimum absolute atomic E-state index is 0.00511. The van der Waals surface area contributed by atoms with Gasteiger partial charge in [0.05, 0.1) is 31.4 Å². The maximum atomic E-state index is 14.0. The van der Waals surface area contributed by atoms with E-state index in [-0.39, 0.29) is 70.5 Å². The van der Waals surface area contributed by atoms with Crippen LogP contribution in [0.3, 0.4) is 0 Å². The number of nitrogens with two attached hydrogens (primary N) is 1. The fourth-order valence-electron chi connectivity index (χ4n) is 5.00. The number of nitrogen functional groups attached to an aromatic ring is 1. The van der Waals surface area contributed by atoms with E-state index in [1.807, 2.05) is 4.90 Å². The lowest BCUT2D eigenvalue weighted by Crippen LogP contribution is -2.57. The van der Waals surface area contributed by atoms with Crippen LogP contribution in [0.5, 0.6) is 5.75 Å². The SMILES string of the molecule is C=CC(=O)N1CCN2C(=O)c3c(N4CCOCC4)nc(-c4nc(N)ccc4CC(F)(F)F)c(Cl)c3OCC2C1. The Morgan fingerprint density at radius 2 is 1.92 bits per heavy atom. The summed E-state index contributed by atoms with van der Waals surface area (Å²) in [5.74, 6) is -0.448. The zero-order valence-electron chi connectivity index (χ0n) is 20.8. The summed E-state index contributed by atoms with van der Waals surface area (Å²) >= 11 is 6.76. The van der Waals surface area contributed by atoms with Crippen LogP contribution < -0.4 is 15.4 Å². The third kappa shape index (κ3) is 5.33. The highest BCUT2D eigenvalue weighted by Crippen LogP contribution is 2.44. The molecule has 2 aromatic heterocycles. The van der Waals surface area contributed by atoms with Crippen LogP contribution in [0, 0.1) is 0 Å². The van der Waals surface area contributed by atoms with Crippen LogP contribution in [0.4, 0.5) is 24.8 Å². The van der Waals surface area contributed by atoms with E-state index in [0.717, 1.165) is 0 Å². The Labute approximate surface area is 227 Å². The minimum atomic E-state index is -4.53. The van der Waals surface area contributed by atoms with Crippen molar-refractivity contribution in [1.29, 1.82) is 0 Å². The monoisotopic (exact) mass is 566 g/mol. The number of aromatic nitrogens is 2. The Balaban J connectivity index is 1.66. The predicted molar refractivity (Wildman–Crippen MR) is 137 cm³/mol. The topological polar surface area (TPSA) is 114 Å². The second-order valence-corrected chi connectivity index (χ2v) is 9.77. The van der Waals surface area contributed by atoms with E-state index in [2.05, 4.69) is 16.5 Å². The van der Waals surface area contributed by atoms with Gasteiger partial charge in [-0.05, 0) is 17.7 Å². The molecule has 1 unspecified atom stereocenters. The highest BCUT2D eigenvalue weighted by Gasteiger charge is 2.41. The van der Waals surface area contributed by atoms with E-state index in [0.29, 0.717) is 32.8 Å². The maximum absolute atomic E-state index is 14.0. The number of fused-ring (bicyclic) bond motifs is 2. The Kier molecular flexibility index (Phi) is 7.29. The molecule has 5 rings (SSSR count). The molecule has 5 heterocycles. The van der Waals surface area contributed by atoms with Crippen molar-refractivity contribution in [2.75, 3.05) is 63.2 Å². The maximum Gasteiger partial charge on any atom is 0.393 e. The summed E-state index contributed by atoms with van der Waals surface area (Å²) in [6.07, 6.45) is -4.59. The molecule has 0 aromatic carbocycles. The van der Waals surface area contributed by atoms with Crippen molar-refractivity contribution in [3.05, 3.63) is 40.9 Å². The fourth-order valence-corrected chi connectivity index (χ4v) is 5.28. The molecule has 0 aliphatic carbocycles. The van der Waals surface area contributed by atoms with Crippen LogP contribution in [0.1, 0.15) is 15.9 Å². The molecule has 2 saturated heterocycles. The van der Waals surface area contributed by atoms with Crippen LogP contribution in [0.25, 0.3) is 11.4 Å². The lowest BCUT2D eigenvalue weighted by atomic mass is 10.0. The number of ether oxygens (including phenoxy) is 2. The standard InChI is InChI=1S/C25H26ClF3N6O4/c1-2-17(36)34-5-6-35-15(12-34)13-39-22-18(24(35)37)23(33-7-9-38-10-8-33)32-21(19(22)26)20-14(11-25(27,28)29)3-4-16(30)31-20/h2-4,15H,1,5-13H2,(H2,30,31). The van der Waals surface area contributed by atoms with Gasteiger partial charge in [0.1, 0.15) is 34.5 Å². The Bertz CT molecular complexity index is 1320. The van der Waals surface area contributed by atoms with E-state index in [9.17, 15) is 22.8 Å². The number of amides is 2. The van der Waals surface area contributed by atoms with Gasteiger partial charge in [0.2, 0.25) is 5.91 Å². The number of piperazine rings is 1. The molecule has 0 bridgehead atoms. The number of rotatable bonds is 4. The summed E-state index contributed by atoms with van der Waals surface area (Å²) in [5, 5.41) is -0.143. The molecular weight excluding hydrogens is 541 g/mol. The van der Waals surface area contributed by atoms with Crippen LogP contribution in [0.2, 0.25) is 5.02 Å². The molecule has 2 N–H and O–H groups in total. The lowest BCUT2D eigenvalue weighted by Gasteiger charge is -2.39. The zero-order chi connectivity index (χ0) is 27.9. The van der Waals surface area contributed by atoms with Crippen LogP contribution >= 0.6 is 11.6 Å². The summed E-state index contributed by atoms with van der Waals surface area (Å²) in [7, 11) is 0. The molecule has 2 fully saturated rings. The quantitative estimate of drug-likeness (QED) is 0.562. The van der Waals surface area contributed by atoms with Gasteiger partial charge in [0.25, 0.3) is 5.91 Å². The number of hydrogen-bond donors (Lipinski definition) is 1. The largest absolute Gasteiger partial charge is 0.489 e. The van der Waals surface area contributed by atoms with Crippen molar-refractivity contribution in [3.63, 3.8) is 0 Å². The predicted octanol–water partition coefficient (Wildman–Crippen LogP) is 2.55. The first-order valence-corrected chi connectivity index (χ1v) is 12.7. The lowest BCUT2D eigenvalue weighted by molar-refractivity contribution is -0.129. The van der Waals surface area contributed by atoms with E-state index in [4.69, 9.17) is 26.8 Å². The van der Waals surface area contributed by atoms with Crippen molar-refractivity contribution < 1.29 is 32.2 Å². The summed E-state index contributed by atoms with van der Waals surface area (Å²) in [6.45, 7) is 5.82. The average Bonchev–Trinajstić information content (AvgIpc) is 3.06. The average molecular weight is 567 g/mol. The molecule has 3 aliphatic rings. The summed E-state index contributed by atoms with van der Waals surface area (Å²) in [6, 6.07) is 2.03. The first-order valence-electron chi connectivity index (χ1n) is 12.3. The van der Waals surface area contributed by atoms with Crippen LogP contribution in [0.15, 0.2) is 24.8 Å². The molecule has 0 radical (unpaired) electrons. The van der Waals surface area contributed by atoms with E-state index >= 15 is 0 Å². The molecule has 14 heteroatoms. The molecule has 208 valence electrons. The van der Waals surface area contributed by atoms with Gasteiger partial charge in [-0.2, -0.15) is 13.2 Å². The number of carbonyl (C=O) groups is 2. The third-order valence-corrected chi connectivity index (χ3v) is 7.22. The molecule has 39 heavy (non-hydrogen) atoms. The molecule has 3 aliphatic heterocycles. The molecule has 2 aromatic rings. The molecule has 1 atom stereocenters. The smallest absolute Gasteiger partial charge is 0.393 e. The van der Waals surface area contributed by atoms with E-state index in [1.54, 1.807) is 9.80 Å². The van der Waals surface area contributed by atoms with Gasteiger partial charge in [0, 0.05) is 32.7 Å². The zero-order valence-corrected chi connectivity index (χ0v) is 21.6. The summed E-state index contributed by atoms with van der Waals surface area (Å²) in [5.41, 5.74) is 5.58. The van der Waals surface area contributed by atoms with Crippen molar-refractivity contribution in [2.24, 2.45) is 0 Å². The highest BCUT2D eigenvalue weighted by atomic mass is 35.5. The van der Waals surface area contributed by atoms with Gasteiger partial charge in [0.15, 0.2) is 5.75 Å². The van der Waals surface area contributed by atoms with Gasteiger partial charge in [-0.15, -0.1) is 0 Å². The number of halogens is 4. The summed E-state index contributed by atoms with van der Waals surface area (Å²) in [4.78, 5) is 40.0. The first-order chi connectivity index (χ1) is 18.6. The van der Waals surface area contributed by atoms with Gasteiger partial charge < -0.3 is 29.9 Å². The number of alkyl halides is 3. The number of anilines is 2. The Morgan fingerprint density at radius 3 is 2.62 bits per heavy atom. The Hall–Kier alpha value is -3.58. The third-order valence-electron chi connectivity index (χ3n) is 6.87. The van der Waals surface area contributed by atoms with E-state index in [1.165, 1.54) is 18.2 Å². The van der Waals surface area contributed by atoms with Gasteiger partial charge in [-0.1, -0.05) is 24.2 Å².